The van der Waals surface area contributed by atoms with Gasteiger partial charge in [0, 0.05) is 37.1 Å². The highest BCUT2D eigenvalue weighted by molar-refractivity contribution is 5.66. The van der Waals surface area contributed by atoms with Crippen molar-refractivity contribution in [3.8, 4) is 11.1 Å². The van der Waals surface area contributed by atoms with Gasteiger partial charge in [0.25, 0.3) is 0 Å². The summed E-state index contributed by atoms with van der Waals surface area (Å²) >= 11 is 0. The van der Waals surface area contributed by atoms with Crippen LogP contribution in [-0.2, 0) is 11.3 Å². The number of carboxylic acid groups (broad SMARTS) is 1. The molecule has 0 aliphatic rings. The van der Waals surface area contributed by atoms with Crippen LogP contribution in [0, 0.1) is 6.07 Å². The number of aromatic nitrogens is 1. The Hall–Kier alpha value is -2.20. The molecule has 2 rings (SSSR count). The summed E-state index contributed by atoms with van der Waals surface area (Å²) in [6.45, 7) is 1.15. The predicted octanol–water partition coefficient (Wildman–Crippen LogP) is 2.11. The molecule has 1 radical (unpaired) electrons. The number of carboxylic acids is 1. The summed E-state index contributed by atoms with van der Waals surface area (Å²) in [4.78, 5) is 14.4. The minimum atomic E-state index is -0.782. The van der Waals surface area contributed by atoms with E-state index < -0.39 is 5.97 Å². The lowest BCUT2D eigenvalue weighted by Crippen LogP contribution is -2.17. The molecule has 0 saturated heterocycles. The molecule has 0 saturated carbocycles. The normalized spacial score (nSPS) is 10.3. The molecule has 4 heteroatoms. The Labute approximate surface area is 112 Å². The highest BCUT2D eigenvalue weighted by Gasteiger charge is 1.99. The van der Waals surface area contributed by atoms with Gasteiger partial charge in [-0.15, -0.1) is 0 Å². The first-order chi connectivity index (χ1) is 9.25. The first-order valence-electron chi connectivity index (χ1n) is 6.08. The van der Waals surface area contributed by atoms with Crippen LogP contribution in [0.15, 0.2) is 42.7 Å². The Morgan fingerprint density at radius 3 is 2.68 bits per heavy atom. The van der Waals surface area contributed by atoms with Gasteiger partial charge in [-0.25, -0.2) is 0 Å². The molecule has 1 heterocycles. The van der Waals surface area contributed by atoms with E-state index in [9.17, 15) is 4.79 Å². The lowest BCUT2D eigenvalue weighted by Gasteiger charge is -2.05. The van der Waals surface area contributed by atoms with Crippen molar-refractivity contribution in [2.45, 2.75) is 13.0 Å². The molecule has 0 spiro atoms. The molecule has 0 bridgehead atoms. The SMILES string of the molecule is O=C(O)CCNCc1ccc(-c2c[c]cnc2)cc1. The minimum Gasteiger partial charge on any atom is -0.481 e. The van der Waals surface area contributed by atoms with E-state index in [0.29, 0.717) is 13.1 Å². The zero-order valence-corrected chi connectivity index (χ0v) is 10.5. The van der Waals surface area contributed by atoms with Gasteiger partial charge < -0.3 is 10.4 Å². The van der Waals surface area contributed by atoms with Crippen molar-refractivity contribution in [1.29, 1.82) is 0 Å². The molecule has 1 aromatic carbocycles. The summed E-state index contributed by atoms with van der Waals surface area (Å²) in [7, 11) is 0. The molecule has 2 N–H and O–H groups in total. The minimum absolute atomic E-state index is 0.142. The van der Waals surface area contributed by atoms with Gasteiger partial charge in [-0.1, -0.05) is 24.3 Å². The van der Waals surface area contributed by atoms with Gasteiger partial charge in [0.05, 0.1) is 6.42 Å². The van der Waals surface area contributed by atoms with Crippen molar-refractivity contribution in [3.63, 3.8) is 0 Å². The average molecular weight is 255 g/mol. The number of pyridine rings is 1. The molecule has 0 aliphatic carbocycles. The number of benzene rings is 1. The number of hydrogen-bond acceptors (Lipinski definition) is 3. The predicted molar refractivity (Wildman–Crippen MR) is 72.5 cm³/mol. The van der Waals surface area contributed by atoms with Crippen LogP contribution in [0.25, 0.3) is 11.1 Å². The summed E-state index contributed by atoms with van der Waals surface area (Å²) in [5, 5.41) is 11.6. The fourth-order valence-electron chi connectivity index (χ4n) is 1.73. The third kappa shape index (κ3) is 4.19. The number of rotatable bonds is 6. The largest absolute Gasteiger partial charge is 0.481 e. The molecular weight excluding hydrogens is 240 g/mol. The summed E-state index contributed by atoms with van der Waals surface area (Å²) in [6.07, 6.45) is 3.57. The van der Waals surface area contributed by atoms with Crippen LogP contribution in [0.4, 0.5) is 0 Å². The Morgan fingerprint density at radius 1 is 1.26 bits per heavy atom. The second-order valence-electron chi connectivity index (χ2n) is 4.19. The lowest BCUT2D eigenvalue weighted by molar-refractivity contribution is -0.136. The molecule has 4 nitrogen and oxygen atoms in total. The molecular formula is C15H15N2O2. The van der Waals surface area contributed by atoms with Crippen LogP contribution < -0.4 is 5.32 Å². The van der Waals surface area contributed by atoms with E-state index in [1.54, 1.807) is 12.4 Å². The maximum Gasteiger partial charge on any atom is 0.304 e. The van der Waals surface area contributed by atoms with Crippen molar-refractivity contribution in [2.75, 3.05) is 6.54 Å². The van der Waals surface area contributed by atoms with Crippen molar-refractivity contribution >= 4 is 5.97 Å². The molecule has 0 amide bonds. The van der Waals surface area contributed by atoms with Crippen LogP contribution >= 0.6 is 0 Å². The zero-order valence-electron chi connectivity index (χ0n) is 10.5. The molecule has 0 fully saturated rings. The quantitative estimate of drug-likeness (QED) is 0.776. The molecule has 0 unspecified atom stereocenters. The number of nitrogens with one attached hydrogen (secondary N) is 1. The lowest BCUT2D eigenvalue weighted by atomic mass is 10.1. The van der Waals surface area contributed by atoms with E-state index >= 15 is 0 Å². The maximum atomic E-state index is 10.4. The van der Waals surface area contributed by atoms with Gasteiger partial charge in [-0.05, 0) is 17.2 Å². The van der Waals surface area contributed by atoms with Gasteiger partial charge in [0.15, 0.2) is 0 Å². The molecule has 19 heavy (non-hydrogen) atoms. The van der Waals surface area contributed by atoms with Gasteiger partial charge >= 0.3 is 5.97 Å². The number of nitrogens with zero attached hydrogens (tertiary/aromatic N) is 1. The molecule has 97 valence electrons. The van der Waals surface area contributed by atoms with Gasteiger partial charge in [0.1, 0.15) is 0 Å². The average Bonchev–Trinajstić information content (AvgIpc) is 2.45. The number of hydrogen-bond donors (Lipinski definition) is 2. The summed E-state index contributed by atoms with van der Waals surface area (Å²) in [5.41, 5.74) is 3.26. The topological polar surface area (TPSA) is 62.2 Å². The highest BCUT2D eigenvalue weighted by atomic mass is 16.4. The fraction of sp³-hybridized carbons (Fsp3) is 0.200. The maximum absolute atomic E-state index is 10.4. The van der Waals surface area contributed by atoms with Crippen molar-refractivity contribution in [1.82, 2.24) is 10.3 Å². The van der Waals surface area contributed by atoms with Crippen LogP contribution in [0.2, 0.25) is 0 Å². The zero-order chi connectivity index (χ0) is 13.5. The van der Waals surface area contributed by atoms with E-state index in [1.807, 2.05) is 30.3 Å². The van der Waals surface area contributed by atoms with E-state index in [0.717, 1.165) is 16.7 Å². The first kappa shape index (κ1) is 13.2. The van der Waals surface area contributed by atoms with Crippen LogP contribution in [0.1, 0.15) is 12.0 Å². The van der Waals surface area contributed by atoms with Gasteiger partial charge in [-0.2, -0.15) is 0 Å². The number of aliphatic carboxylic acids is 1. The Bertz CT molecular complexity index is 524. The van der Waals surface area contributed by atoms with Crippen molar-refractivity contribution < 1.29 is 9.90 Å². The Balaban J connectivity index is 1.90. The van der Waals surface area contributed by atoms with E-state index in [1.165, 1.54) is 0 Å². The Morgan fingerprint density at radius 2 is 2.05 bits per heavy atom. The monoisotopic (exact) mass is 255 g/mol. The van der Waals surface area contributed by atoms with Crippen LogP contribution in [-0.4, -0.2) is 22.6 Å². The van der Waals surface area contributed by atoms with Crippen molar-refractivity contribution in [3.05, 3.63) is 54.4 Å². The third-order valence-electron chi connectivity index (χ3n) is 2.73. The third-order valence-corrected chi connectivity index (χ3v) is 2.73. The van der Waals surface area contributed by atoms with Crippen LogP contribution in [0.3, 0.4) is 0 Å². The van der Waals surface area contributed by atoms with Crippen LogP contribution in [0.5, 0.6) is 0 Å². The highest BCUT2D eigenvalue weighted by Crippen LogP contribution is 2.17. The Kier molecular flexibility index (Phi) is 4.64. The second-order valence-corrected chi connectivity index (χ2v) is 4.19. The van der Waals surface area contributed by atoms with E-state index in [2.05, 4.69) is 16.4 Å². The smallest absolute Gasteiger partial charge is 0.304 e. The number of carbonyl (C=O) groups is 1. The molecule has 0 atom stereocenters. The molecule has 2 aromatic rings. The fourth-order valence-corrected chi connectivity index (χ4v) is 1.73. The first-order valence-corrected chi connectivity index (χ1v) is 6.08. The second kappa shape index (κ2) is 6.66. The van der Waals surface area contributed by atoms with Gasteiger partial charge in [-0.3, -0.25) is 9.78 Å². The van der Waals surface area contributed by atoms with Gasteiger partial charge in [0.2, 0.25) is 0 Å². The molecule has 1 aromatic heterocycles. The molecule has 0 aliphatic heterocycles. The van der Waals surface area contributed by atoms with E-state index in [-0.39, 0.29) is 6.42 Å². The van der Waals surface area contributed by atoms with Crippen molar-refractivity contribution in [2.24, 2.45) is 0 Å². The summed E-state index contributed by atoms with van der Waals surface area (Å²) in [5.74, 6) is -0.782. The standard InChI is InChI=1S/C15H15N2O2/c18-15(19)7-9-17-10-12-3-5-13(6-4-12)14-2-1-8-16-11-14/h2-6,8,11,17H,7,9-10H2,(H,18,19). The summed E-state index contributed by atoms with van der Waals surface area (Å²) in [6, 6.07) is 12.9. The summed E-state index contributed by atoms with van der Waals surface area (Å²) < 4.78 is 0. The van der Waals surface area contributed by atoms with E-state index in [4.69, 9.17) is 5.11 Å².